The largest absolute Gasteiger partial charge is 0.0996 e. The smallest absolute Gasteiger partial charge is 0.0104 e. The molecule has 82 valence electrons. The average Bonchev–Trinajstić information content (AvgIpc) is 2.55. The third-order valence-corrected chi connectivity index (χ3v) is 5.51. The molecule has 0 radical (unpaired) electrons. The molecule has 0 bridgehead atoms. The van der Waals surface area contributed by atoms with Crippen molar-refractivity contribution in [2.24, 2.45) is 29.1 Å². The zero-order valence-corrected chi connectivity index (χ0v) is 10.1. The van der Waals surface area contributed by atoms with Gasteiger partial charge in [-0.15, -0.1) is 0 Å². The fourth-order valence-electron chi connectivity index (χ4n) is 4.51. The number of fused-ring (bicyclic) bond motifs is 3. The quantitative estimate of drug-likeness (QED) is 0.517. The highest BCUT2D eigenvalue weighted by Crippen LogP contribution is 2.70. The van der Waals surface area contributed by atoms with Crippen molar-refractivity contribution < 1.29 is 0 Å². The summed E-state index contributed by atoms with van der Waals surface area (Å²) in [6.07, 6.45) is 5.26. The first-order valence-corrected chi connectivity index (χ1v) is 6.39. The fourth-order valence-corrected chi connectivity index (χ4v) is 4.51. The topological polar surface area (TPSA) is 0 Å². The molecule has 4 atom stereocenters. The molecule has 0 N–H and O–H groups in total. The van der Waals surface area contributed by atoms with E-state index in [0.717, 1.165) is 23.7 Å². The van der Waals surface area contributed by atoms with E-state index in [-0.39, 0.29) is 0 Å². The Bertz CT molecular complexity index is 334. The predicted molar refractivity (Wildman–Crippen MR) is 64.5 cm³/mol. The standard InChI is InChI=1S/C15H22/c1-9-6-8-12-14(15(12,3)4)13-10(2)5-7-11(9)13/h11-14H,1-2,5-8H2,3-4H3/t11?,12-,13?,14-/m1/s1. The van der Waals surface area contributed by atoms with E-state index in [0.29, 0.717) is 5.41 Å². The zero-order chi connectivity index (χ0) is 10.8. The van der Waals surface area contributed by atoms with Crippen LogP contribution in [0.5, 0.6) is 0 Å². The fraction of sp³-hybridized carbons (Fsp3) is 0.733. The lowest BCUT2D eigenvalue weighted by Crippen LogP contribution is -2.15. The molecule has 0 aliphatic heterocycles. The van der Waals surface area contributed by atoms with Crippen molar-refractivity contribution in [3.05, 3.63) is 24.3 Å². The van der Waals surface area contributed by atoms with E-state index in [9.17, 15) is 0 Å². The van der Waals surface area contributed by atoms with Gasteiger partial charge in [-0.3, -0.25) is 0 Å². The third kappa shape index (κ3) is 1.14. The second-order valence-electron chi connectivity index (χ2n) is 6.48. The summed E-state index contributed by atoms with van der Waals surface area (Å²) >= 11 is 0. The molecule has 3 aliphatic carbocycles. The Morgan fingerprint density at radius 3 is 2.47 bits per heavy atom. The SMILES string of the molecule is C=C1CC[C@@H]2[C@H](C3C(=C)CCC13)C2(C)C. The minimum atomic E-state index is 0.594. The maximum atomic E-state index is 4.32. The van der Waals surface area contributed by atoms with E-state index >= 15 is 0 Å². The van der Waals surface area contributed by atoms with Crippen LogP contribution in [0.15, 0.2) is 24.3 Å². The molecule has 3 rings (SSSR count). The van der Waals surface area contributed by atoms with E-state index < -0.39 is 0 Å². The van der Waals surface area contributed by atoms with E-state index in [2.05, 4.69) is 27.0 Å². The summed E-state index contributed by atoms with van der Waals surface area (Å²) in [7, 11) is 0. The zero-order valence-electron chi connectivity index (χ0n) is 10.1. The van der Waals surface area contributed by atoms with Crippen LogP contribution in [0.2, 0.25) is 0 Å². The first kappa shape index (κ1) is 9.69. The molecule has 3 fully saturated rings. The van der Waals surface area contributed by atoms with Crippen molar-refractivity contribution in [1.29, 1.82) is 0 Å². The molecule has 0 aromatic heterocycles. The summed E-state index contributed by atoms with van der Waals surface area (Å²) in [4.78, 5) is 0. The highest BCUT2D eigenvalue weighted by molar-refractivity contribution is 5.28. The molecular formula is C15H22. The second kappa shape index (κ2) is 2.78. The molecule has 15 heavy (non-hydrogen) atoms. The molecule has 0 heterocycles. The lowest BCUT2D eigenvalue weighted by atomic mass is 9.82. The molecule has 0 aromatic carbocycles. The van der Waals surface area contributed by atoms with Crippen LogP contribution in [-0.2, 0) is 0 Å². The maximum Gasteiger partial charge on any atom is -0.0104 e. The van der Waals surface area contributed by atoms with Crippen LogP contribution in [0.25, 0.3) is 0 Å². The van der Waals surface area contributed by atoms with Gasteiger partial charge in [0.05, 0.1) is 0 Å². The molecule has 2 unspecified atom stereocenters. The van der Waals surface area contributed by atoms with E-state index in [1.54, 1.807) is 0 Å². The van der Waals surface area contributed by atoms with Gasteiger partial charge in [-0.1, -0.05) is 38.2 Å². The van der Waals surface area contributed by atoms with Gasteiger partial charge in [0, 0.05) is 0 Å². The van der Waals surface area contributed by atoms with Gasteiger partial charge in [0.1, 0.15) is 0 Å². The summed E-state index contributed by atoms with van der Waals surface area (Å²) < 4.78 is 0. The summed E-state index contributed by atoms with van der Waals surface area (Å²) in [5.41, 5.74) is 3.65. The van der Waals surface area contributed by atoms with Gasteiger partial charge in [-0.05, 0) is 54.8 Å². The number of hydrogen-bond acceptors (Lipinski definition) is 0. The average molecular weight is 202 g/mol. The molecule has 0 heteroatoms. The van der Waals surface area contributed by atoms with E-state index in [1.807, 2.05) is 0 Å². The van der Waals surface area contributed by atoms with Crippen molar-refractivity contribution in [3.8, 4) is 0 Å². The molecule has 0 spiro atoms. The minimum absolute atomic E-state index is 0.594. The molecule has 0 amide bonds. The predicted octanol–water partition coefficient (Wildman–Crippen LogP) is 4.19. The van der Waals surface area contributed by atoms with Gasteiger partial charge < -0.3 is 0 Å². The Morgan fingerprint density at radius 1 is 1.07 bits per heavy atom. The normalized spacial score (nSPS) is 47.1. The summed E-state index contributed by atoms with van der Waals surface area (Å²) in [5, 5.41) is 0. The van der Waals surface area contributed by atoms with Crippen LogP contribution >= 0.6 is 0 Å². The highest BCUT2D eigenvalue weighted by atomic mass is 14.7. The van der Waals surface area contributed by atoms with Crippen molar-refractivity contribution in [3.63, 3.8) is 0 Å². The van der Waals surface area contributed by atoms with Gasteiger partial charge in [0.15, 0.2) is 0 Å². The van der Waals surface area contributed by atoms with Gasteiger partial charge in [-0.25, -0.2) is 0 Å². The number of allylic oxidation sites excluding steroid dienone is 2. The Morgan fingerprint density at radius 2 is 1.73 bits per heavy atom. The van der Waals surface area contributed by atoms with Crippen molar-refractivity contribution in [2.75, 3.05) is 0 Å². The van der Waals surface area contributed by atoms with Gasteiger partial charge in [-0.2, -0.15) is 0 Å². The highest BCUT2D eigenvalue weighted by Gasteiger charge is 2.63. The minimum Gasteiger partial charge on any atom is -0.0996 e. The Hall–Kier alpha value is -0.520. The van der Waals surface area contributed by atoms with Crippen molar-refractivity contribution in [1.82, 2.24) is 0 Å². The van der Waals surface area contributed by atoms with Crippen LogP contribution in [0.1, 0.15) is 39.5 Å². The van der Waals surface area contributed by atoms with Crippen molar-refractivity contribution in [2.45, 2.75) is 39.5 Å². The molecule has 0 aromatic rings. The van der Waals surface area contributed by atoms with Crippen molar-refractivity contribution >= 4 is 0 Å². The summed E-state index contributed by atoms with van der Waals surface area (Å²) in [6.45, 7) is 13.5. The van der Waals surface area contributed by atoms with E-state index in [1.165, 1.54) is 36.8 Å². The summed E-state index contributed by atoms with van der Waals surface area (Å²) in [5.74, 6) is 3.46. The van der Waals surface area contributed by atoms with Crippen LogP contribution in [0.3, 0.4) is 0 Å². The lowest BCUT2D eigenvalue weighted by Gasteiger charge is -2.23. The molecule has 0 saturated heterocycles. The monoisotopic (exact) mass is 202 g/mol. The Kier molecular flexibility index (Phi) is 1.80. The Labute approximate surface area is 93.5 Å². The van der Waals surface area contributed by atoms with Gasteiger partial charge in [0.2, 0.25) is 0 Å². The molecule has 0 nitrogen and oxygen atoms in total. The third-order valence-electron chi connectivity index (χ3n) is 5.51. The number of rotatable bonds is 0. The second-order valence-corrected chi connectivity index (χ2v) is 6.48. The van der Waals surface area contributed by atoms with Gasteiger partial charge >= 0.3 is 0 Å². The lowest BCUT2D eigenvalue weighted by molar-refractivity contribution is 0.377. The molecular weight excluding hydrogens is 180 g/mol. The first-order chi connectivity index (χ1) is 7.03. The Balaban J connectivity index is 1.96. The van der Waals surface area contributed by atoms with E-state index in [4.69, 9.17) is 0 Å². The maximum absolute atomic E-state index is 4.32. The molecule has 3 aliphatic rings. The summed E-state index contributed by atoms with van der Waals surface area (Å²) in [6, 6.07) is 0. The van der Waals surface area contributed by atoms with Crippen LogP contribution in [-0.4, -0.2) is 0 Å². The van der Waals surface area contributed by atoms with Crippen LogP contribution in [0.4, 0.5) is 0 Å². The van der Waals surface area contributed by atoms with Crippen LogP contribution in [0, 0.1) is 29.1 Å². The van der Waals surface area contributed by atoms with Crippen LogP contribution < -0.4 is 0 Å². The first-order valence-electron chi connectivity index (χ1n) is 6.39. The number of hydrogen-bond donors (Lipinski definition) is 0. The molecule has 3 saturated carbocycles. The van der Waals surface area contributed by atoms with Gasteiger partial charge in [0.25, 0.3) is 0 Å².